The molecule has 94 valence electrons. The van der Waals surface area contributed by atoms with Crippen LogP contribution in [0.25, 0.3) is 0 Å². The van der Waals surface area contributed by atoms with Gasteiger partial charge in [-0.25, -0.2) is 0 Å². The summed E-state index contributed by atoms with van der Waals surface area (Å²) in [6, 6.07) is 9.14. The van der Waals surface area contributed by atoms with Gasteiger partial charge in [-0.2, -0.15) is 0 Å². The van der Waals surface area contributed by atoms with Gasteiger partial charge in [-0.3, -0.25) is 4.79 Å². The molecule has 1 aromatic rings. The van der Waals surface area contributed by atoms with Gasteiger partial charge in [0, 0.05) is 12.2 Å². The molecular weight excluding hydrogens is 248 g/mol. The number of ether oxygens (including phenoxy) is 1. The van der Waals surface area contributed by atoms with Gasteiger partial charge in [0.25, 0.3) is 0 Å². The van der Waals surface area contributed by atoms with Crippen LogP contribution in [0.5, 0.6) is 0 Å². The SMILES string of the molecule is CCOC1(Cl)C=CC=CC1C(=O)c1ccccc1. The first-order chi connectivity index (χ1) is 8.67. The van der Waals surface area contributed by atoms with Crippen LogP contribution in [-0.2, 0) is 4.74 Å². The monoisotopic (exact) mass is 262 g/mol. The molecule has 0 radical (unpaired) electrons. The normalized spacial score (nSPS) is 26.2. The fourth-order valence-corrected chi connectivity index (χ4v) is 2.36. The maximum absolute atomic E-state index is 12.4. The molecule has 1 aromatic carbocycles. The smallest absolute Gasteiger partial charge is 0.174 e. The van der Waals surface area contributed by atoms with Gasteiger partial charge in [0.1, 0.15) is 0 Å². The van der Waals surface area contributed by atoms with E-state index in [1.165, 1.54) is 0 Å². The van der Waals surface area contributed by atoms with Crippen LogP contribution in [-0.4, -0.2) is 17.5 Å². The molecule has 1 aliphatic carbocycles. The van der Waals surface area contributed by atoms with Crippen LogP contribution in [0.1, 0.15) is 17.3 Å². The van der Waals surface area contributed by atoms with Crippen LogP contribution in [0.3, 0.4) is 0 Å². The standard InChI is InChI=1S/C15H15ClO2/c1-2-18-15(16)11-7-6-10-13(15)14(17)12-8-4-3-5-9-12/h3-11,13H,2H2,1H3. The molecule has 0 aliphatic heterocycles. The van der Waals surface area contributed by atoms with Gasteiger partial charge in [0.15, 0.2) is 10.8 Å². The van der Waals surface area contributed by atoms with Crippen LogP contribution >= 0.6 is 11.6 Å². The molecule has 1 aliphatic rings. The number of alkyl halides is 1. The highest BCUT2D eigenvalue weighted by Crippen LogP contribution is 2.35. The molecule has 0 saturated carbocycles. The second-order valence-corrected chi connectivity index (χ2v) is 4.67. The average molecular weight is 263 g/mol. The summed E-state index contributed by atoms with van der Waals surface area (Å²) >= 11 is 6.40. The average Bonchev–Trinajstić information content (AvgIpc) is 2.39. The summed E-state index contributed by atoms with van der Waals surface area (Å²) in [6.45, 7) is 2.32. The number of benzene rings is 1. The Kier molecular flexibility index (Phi) is 4.00. The molecule has 2 atom stereocenters. The topological polar surface area (TPSA) is 26.3 Å². The number of carbonyl (C=O) groups excluding carboxylic acids is 1. The zero-order chi connectivity index (χ0) is 13.0. The van der Waals surface area contributed by atoms with Gasteiger partial charge in [0.05, 0.1) is 5.92 Å². The van der Waals surface area contributed by atoms with Crippen LogP contribution in [0.4, 0.5) is 0 Å². The summed E-state index contributed by atoms with van der Waals surface area (Å²) in [5.41, 5.74) is 0.646. The number of carbonyl (C=O) groups is 1. The maximum atomic E-state index is 12.4. The summed E-state index contributed by atoms with van der Waals surface area (Å²) in [7, 11) is 0. The fourth-order valence-electron chi connectivity index (χ4n) is 2.00. The van der Waals surface area contributed by atoms with Crippen molar-refractivity contribution in [1.29, 1.82) is 0 Å². The lowest BCUT2D eigenvalue weighted by Crippen LogP contribution is -2.38. The van der Waals surface area contributed by atoms with E-state index in [1.807, 2.05) is 31.2 Å². The first kappa shape index (κ1) is 13.1. The Bertz CT molecular complexity index is 479. The molecule has 0 saturated heterocycles. The van der Waals surface area contributed by atoms with Crippen LogP contribution < -0.4 is 0 Å². The number of hydrogen-bond donors (Lipinski definition) is 0. The van der Waals surface area contributed by atoms with E-state index in [1.54, 1.807) is 30.4 Å². The Labute approximate surface area is 112 Å². The minimum atomic E-state index is -1.07. The highest BCUT2D eigenvalue weighted by atomic mass is 35.5. The van der Waals surface area contributed by atoms with E-state index in [0.717, 1.165) is 0 Å². The summed E-state index contributed by atoms with van der Waals surface area (Å²) < 4.78 is 5.53. The van der Waals surface area contributed by atoms with Crippen molar-refractivity contribution < 1.29 is 9.53 Å². The number of rotatable bonds is 4. The zero-order valence-electron chi connectivity index (χ0n) is 10.2. The number of Topliss-reactive ketones (excluding diaryl/α,β-unsaturated/α-hetero) is 1. The Morgan fingerprint density at radius 3 is 2.72 bits per heavy atom. The Hall–Kier alpha value is -1.38. The quantitative estimate of drug-likeness (QED) is 0.612. The maximum Gasteiger partial charge on any atom is 0.174 e. The van der Waals surface area contributed by atoms with E-state index >= 15 is 0 Å². The summed E-state index contributed by atoms with van der Waals surface area (Å²) in [5, 5.41) is -1.07. The highest BCUT2D eigenvalue weighted by molar-refractivity contribution is 6.27. The molecule has 18 heavy (non-hydrogen) atoms. The Balaban J connectivity index is 2.29. The van der Waals surface area contributed by atoms with Crippen molar-refractivity contribution in [2.45, 2.75) is 12.0 Å². The summed E-state index contributed by atoms with van der Waals surface area (Å²) in [6.07, 6.45) is 7.14. The molecule has 0 heterocycles. The van der Waals surface area contributed by atoms with Crippen LogP contribution in [0, 0.1) is 5.92 Å². The predicted molar refractivity (Wildman–Crippen MR) is 72.8 cm³/mol. The molecule has 0 aromatic heterocycles. The van der Waals surface area contributed by atoms with Crippen molar-refractivity contribution in [3.05, 3.63) is 60.2 Å². The molecule has 0 fully saturated rings. The molecule has 0 amide bonds. The highest BCUT2D eigenvalue weighted by Gasteiger charge is 2.40. The van der Waals surface area contributed by atoms with E-state index in [4.69, 9.17) is 16.3 Å². The Morgan fingerprint density at radius 1 is 1.33 bits per heavy atom. The zero-order valence-corrected chi connectivity index (χ0v) is 10.9. The van der Waals surface area contributed by atoms with Crippen molar-refractivity contribution in [3.63, 3.8) is 0 Å². The Morgan fingerprint density at radius 2 is 2.06 bits per heavy atom. The molecule has 2 nitrogen and oxygen atoms in total. The second kappa shape index (κ2) is 5.51. The van der Waals surface area contributed by atoms with E-state index in [-0.39, 0.29) is 5.78 Å². The minimum Gasteiger partial charge on any atom is -0.355 e. The molecule has 2 rings (SSSR count). The van der Waals surface area contributed by atoms with Gasteiger partial charge < -0.3 is 4.74 Å². The van der Waals surface area contributed by atoms with Gasteiger partial charge in [-0.15, -0.1) is 0 Å². The van der Waals surface area contributed by atoms with E-state index in [9.17, 15) is 4.79 Å². The molecule has 0 bridgehead atoms. The van der Waals surface area contributed by atoms with Gasteiger partial charge >= 0.3 is 0 Å². The van der Waals surface area contributed by atoms with E-state index < -0.39 is 11.0 Å². The van der Waals surface area contributed by atoms with Crippen molar-refractivity contribution in [2.75, 3.05) is 6.61 Å². The van der Waals surface area contributed by atoms with E-state index in [2.05, 4.69) is 0 Å². The lowest BCUT2D eigenvalue weighted by Gasteiger charge is -2.31. The van der Waals surface area contributed by atoms with Crippen molar-refractivity contribution in [3.8, 4) is 0 Å². The lowest BCUT2D eigenvalue weighted by atomic mass is 9.89. The second-order valence-electron chi connectivity index (χ2n) is 4.08. The number of halogens is 1. The van der Waals surface area contributed by atoms with E-state index in [0.29, 0.717) is 12.2 Å². The molecular formula is C15H15ClO2. The minimum absolute atomic E-state index is 0.0281. The molecule has 2 unspecified atom stereocenters. The van der Waals surface area contributed by atoms with Crippen LogP contribution in [0.2, 0.25) is 0 Å². The predicted octanol–water partition coefficient (Wildman–Crippen LogP) is 3.58. The lowest BCUT2D eigenvalue weighted by molar-refractivity contribution is 0.0312. The van der Waals surface area contributed by atoms with Crippen molar-refractivity contribution in [1.82, 2.24) is 0 Å². The third kappa shape index (κ3) is 2.55. The van der Waals surface area contributed by atoms with Crippen LogP contribution in [0.15, 0.2) is 54.6 Å². The third-order valence-electron chi connectivity index (χ3n) is 2.87. The molecule has 3 heteroatoms. The largest absolute Gasteiger partial charge is 0.355 e. The summed E-state index contributed by atoms with van der Waals surface area (Å²) in [5.74, 6) is -0.522. The van der Waals surface area contributed by atoms with Gasteiger partial charge in [0.2, 0.25) is 0 Å². The molecule has 0 spiro atoms. The first-order valence-electron chi connectivity index (χ1n) is 5.95. The number of ketones is 1. The number of hydrogen-bond acceptors (Lipinski definition) is 2. The molecule has 0 N–H and O–H groups in total. The fraction of sp³-hybridized carbons (Fsp3) is 0.267. The third-order valence-corrected chi connectivity index (χ3v) is 3.34. The summed E-state index contributed by atoms with van der Waals surface area (Å²) in [4.78, 5) is 12.4. The van der Waals surface area contributed by atoms with Gasteiger partial charge in [-0.05, 0) is 13.0 Å². The first-order valence-corrected chi connectivity index (χ1v) is 6.33. The van der Waals surface area contributed by atoms with Gasteiger partial charge in [-0.1, -0.05) is 60.2 Å². The van der Waals surface area contributed by atoms with Crippen molar-refractivity contribution >= 4 is 17.4 Å². The number of allylic oxidation sites excluding steroid dienone is 2. The van der Waals surface area contributed by atoms with Crippen molar-refractivity contribution in [2.24, 2.45) is 5.92 Å².